The fourth-order valence-corrected chi connectivity index (χ4v) is 3.04. The number of hydrogen-bond acceptors (Lipinski definition) is 6. The van der Waals surface area contributed by atoms with Crippen LogP contribution in [0.4, 0.5) is 21.8 Å². The molecule has 0 amide bonds. The predicted molar refractivity (Wildman–Crippen MR) is 119 cm³/mol. The summed E-state index contributed by atoms with van der Waals surface area (Å²) in [4.78, 5) is 15.3. The third-order valence-electron chi connectivity index (χ3n) is 3.96. The Kier molecular flexibility index (Phi) is 7.10. The first-order chi connectivity index (χ1) is 13.5. The molecular formula is C20H22FIN6. The molecule has 2 heterocycles. The van der Waals surface area contributed by atoms with Crippen LogP contribution in [0, 0.1) is 9.39 Å². The van der Waals surface area contributed by atoms with Crippen molar-refractivity contribution in [1.82, 2.24) is 19.9 Å². The van der Waals surface area contributed by atoms with Gasteiger partial charge < -0.3 is 15.5 Å². The third kappa shape index (κ3) is 5.83. The highest BCUT2D eigenvalue weighted by atomic mass is 127. The van der Waals surface area contributed by atoms with E-state index in [0.717, 1.165) is 34.3 Å². The summed E-state index contributed by atoms with van der Waals surface area (Å²) >= 11 is 2.08. The van der Waals surface area contributed by atoms with E-state index in [9.17, 15) is 4.39 Å². The lowest BCUT2D eigenvalue weighted by molar-refractivity contribution is 0.405. The minimum absolute atomic E-state index is 0.323. The maximum absolute atomic E-state index is 14.2. The fraction of sp³-hybridized carbons (Fsp3) is 0.250. The number of nitrogens with zero attached hydrogens (tertiary/aromatic N) is 4. The fourth-order valence-electron chi connectivity index (χ4n) is 2.59. The van der Waals surface area contributed by atoms with Crippen LogP contribution < -0.4 is 10.6 Å². The van der Waals surface area contributed by atoms with E-state index in [1.807, 2.05) is 32.3 Å². The van der Waals surface area contributed by atoms with Crippen molar-refractivity contribution in [2.75, 3.05) is 37.8 Å². The van der Waals surface area contributed by atoms with Gasteiger partial charge in [-0.25, -0.2) is 9.37 Å². The van der Waals surface area contributed by atoms with Gasteiger partial charge in [-0.05, 0) is 80.0 Å². The number of halogens is 2. The van der Waals surface area contributed by atoms with Gasteiger partial charge in [-0.1, -0.05) is 0 Å². The quantitative estimate of drug-likeness (QED) is 0.359. The van der Waals surface area contributed by atoms with Crippen LogP contribution in [0.25, 0.3) is 11.3 Å². The summed E-state index contributed by atoms with van der Waals surface area (Å²) in [5.74, 6) is 0.704. The standard InChI is InChI=1S/C20H22FIN6/c1-28(2)11-3-8-24-20-26-18(14-6-9-23-10-7-14)13-19(27-20)25-17-5-4-15(22)12-16(17)21/h4-7,9-10,12-13H,3,8,11H2,1-2H3,(H2,24,25,26,27). The van der Waals surface area contributed by atoms with Crippen LogP contribution in [0.5, 0.6) is 0 Å². The van der Waals surface area contributed by atoms with E-state index in [-0.39, 0.29) is 5.82 Å². The van der Waals surface area contributed by atoms with E-state index < -0.39 is 0 Å². The van der Waals surface area contributed by atoms with Gasteiger partial charge in [-0.3, -0.25) is 4.98 Å². The largest absolute Gasteiger partial charge is 0.354 e. The molecule has 0 saturated heterocycles. The number of pyridine rings is 1. The van der Waals surface area contributed by atoms with Gasteiger partial charge in [0.2, 0.25) is 5.95 Å². The number of anilines is 3. The van der Waals surface area contributed by atoms with E-state index >= 15 is 0 Å². The smallest absolute Gasteiger partial charge is 0.225 e. The summed E-state index contributed by atoms with van der Waals surface area (Å²) in [5.41, 5.74) is 2.03. The Hall–Kier alpha value is -2.33. The Morgan fingerprint density at radius 1 is 1.07 bits per heavy atom. The van der Waals surface area contributed by atoms with Gasteiger partial charge in [0, 0.05) is 34.1 Å². The molecule has 0 spiro atoms. The van der Waals surface area contributed by atoms with Crippen LogP contribution in [-0.2, 0) is 0 Å². The van der Waals surface area contributed by atoms with Gasteiger partial charge >= 0.3 is 0 Å². The Morgan fingerprint density at radius 3 is 2.57 bits per heavy atom. The molecule has 8 heteroatoms. The first-order valence-electron chi connectivity index (χ1n) is 8.91. The van der Waals surface area contributed by atoms with Gasteiger partial charge in [0.15, 0.2) is 0 Å². The Morgan fingerprint density at radius 2 is 1.86 bits per heavy atom. The van der Waals surface area contributed by atoms with Crippen molar-refractivity contribution in [3.8, 4) is 11.3 Å². The second-order valence-corrected chi connectivity index (χ2v) is 7.78. The molecule has 1 aromatic carbocycles. The highest BCUT2D eigenvalue weighted by Crippen LogP contribution is 2.25. The highest BCUT2D eigenvalue weighted by Gasteiger charge is 2.09. The molecule has 3 rings (SSSR count). The van der Waals surface area contributed by atoms with Crippen molar-refractivity contribution in [3.05, 3.63) is 58.2 Å². The molecule has 0 fully saturated rings. The zero-order chi connectivity index (χ0) is 19.9. The maximum Gasteiger partial charge on any atom is 0.225 e. The minimum Gasteiger partial charge on any atom is -0.354 e. The molecule has 0 bridgehead atoms. The zero-order valence-electron chi connectivity index (χ0n) is 15.8. The van der Waals surface area contributed by atoms with Crippen molar-refractivity contribution >= 4 is 40.0 Å². The van der Waals surface area contributed by atoms with Crippen molar-refractivity contribution < 1.29 is 4.39 Å². The monoisotopic (exact) mass is 492 g/mol. The molecule has 0 aliphatic heterocycles. The molecule has 0 aliphatic carbocycles. The van der Waals surface area contributed by atoms with Crippen LogP contribution in [0.1, 0.15) is 6.42 Å². The first-order valence-corrected chi connectivity index (χ1v) is 9.99. The van der Waals surface area contributed by atoms with Crippen molar-refractivity contribution in [3.63, 3.8) is 0 Å². The molecule has 0 aliphatic rings. The van der Waals surface area contributed by atoms with Crippen molar-refractivity contribution in [1.29, 1.82) is 0 Å². The molecular weight excluding hydrogens is 470 g/mol. The van der Waals surface area contributed by atoms with Crippen LogP contribution in [-0.4, -0.2) is 47.0 Å². The lowest BCUT2D eigenvalue weighted by Gasteiger charge is -2.13. The molecule has 146 valence electrons. The van der Waals surface area contributed by atoms with Gasteiger partial charge in [-0.2, -0.15) is 4.98 Å². The summed E-state index contributed by atoms with van der Waals surface area (Å²) in [6, 6.07) is 10.6. The molecule has 0 saturated carbocycles. The van der Waals surface area contributed by atoms with Gasteiger partial charge in [-0.15, -0.1) is 0 Å². The molecule has 0 radical (unpaired) electrons. The van der Waals surface area contributed by atoms with E-state index in [0.29, 0.717) is 17.5 Å². The summed E-state index contributed by atoms with van der Waals surface area (Å²) in [6.07, 6.45) is 4.39. The lowest BCUT2D eigenvalue weighted by Crippen LogP contribution is -2.17. The van der Waals surface area contributed by atoms with Crippen LogP contribution >= 0.6 is 22.6 Å². The summed E-state index contributed by atoms with van der Waals surface area (Å²) in [5, 5.41) is 6.33. The Labute approximate surface area is 177 Å². The number of aromatic nitrogens is 3. The topological polar surface area (TPSA) is 66.0 Å². The normalized spacial score (nSPS) is 10.9. The van der Waals surface area contributed by atoms with Gasteiger partial charge in [0.1, 0.15) is 11.6 Å². The van der Waals surface area contributed by atoms with E-state index in [1.54, 1.807) is 24.5 Å². The van der Waals surface area contributed by atoms with Crippen molar-refractivity contribution in [2.24, 2.45) is 0 Å². The Balaban J connectivity index is 1.86. The number of benzene rings is 1. The van der Waals surface area contributed by atoms with Crippen LogP contribution in [0.2, 0.25) is 0 Å². The number of rotatable bonds is 8. The van der Waals surface area contributed by atoms with Gasteiger partial charge in [0.05, 0.1) is 11.4 Å². The Bertz CT molecular complexity index is 920. The SMILES string of the molecule is CN(C)CCCNc1nc(Nc2ccc(I)cc2F)cc(-c2ccncc2)n1. The van der Waals surface area contributed by atoms with Crippen LogP contribution in [0.15, 0.2) is 48.8 Å². The molecule has 28 heavy (non-hydrogen) atoms. The average molecular weight is 492 g/mol. The number of nitrogens with one attached hydrogen (secondary N) is 2. The van der Waals surface area contributed by atoms with Gasteiger partial charge in [0.25, 0.3) is 0 Å². The first kappa shape index (κ1) is 20.4. The molecule has 0 unspecified atom stereocenters. The van der Waals surface area contributed by atoms with E-state index in [2.05, 4.69) is 53.1 Å². The third-order valence-corrected chi connectivity index (χ3v) is 4.63. The molecule has 2 N–H and O–H groups in total. The van der Waals surface area contributed by atoms with E-state index in [1.165, 1.54) is 6.07 Å². The second kappa shape index (κ2) is 9.74. The average Bonchev–Trinajstić information content (AvgIpc) is 2.68. The van der Waals surface area contributed by atoms with E-state index in [4.69, 9.17) is 0 Å². The molecule has 0 atom stereocenters. The summed E-state index contributed by atoms with van der Waals surface area (Å²) in [6.45, 7) is 1.71. The van der Waals surface area contributed by atoms with Crippen LogP contribution in [0.3, 0.4) is 0 Å². The number of hydrogen-bond donors (Lipinski definition) is 2. The lowest BCUT2D eigenvalue weighted by atomic mass is 10.2. The molecule has 3 aromatic rings. The maximum atomic E-state index is 14.2. The second-order valence-electron chi connectivity index (χ2n) is 6.53. The summed E-state index contributed by atoms with van der Waals surface area (Å²) < 4.78 is 15.1. The molecule has 2 aromatic heterocycles. The minimum atomic E-state index is -0.323. The van der Waals surface area contributed by atoms with Crippen molar-refractivity contribution in [2.45, 2.75) is 6.42 Å². The highest BCUT2D eigenvalue weighted by molar-refractivity contribution is 14.1. The molecule has 6 nitrogen and oxygen atoms in total. The zero-order valence-corrected chi connectivity index (χ0v) is 17.9. The summed E-state index contributed by atoms with van der Waals surface area (Å²) in [7, 11) is 4.08. The predicted octanol–water partition coefficient (Wildman–Crippen LogP) is 4.39.